The number of ether oxygens (including phenoxy) is 1. The summed E-state index contributed by atoms with van der Waals surface area (Å²) < 4.78 is 19.5. The maximum atomic E-state index is 12.9. The van der Waals surface area contributed by atoms with E-state index in [2.05, 4.69) is 21.1 Å². The number of nitrogens with zero attached hydrogens (tertiary/aromatic N) is 2. The molecule has 0 spiro atoms. The van der Waals surface area contributed by atoms with Crippen molar-refractivity contribution in [3.8, 4) is 5.88 Å². The number of halogens is 2. The Kier molecular flexibility index (Phi) is 2.11. The van der Waals surface area contributed by atoms with Crippen LogP contribution < -0.4 is 8.66 Å². The van der Waals surface area contributed by atoms with Gasteiger partial charge in [-0.05, 0) is 18.6 Å². The summed E-state index contributed by atoms with van der Waals surface area (Å²) in [5.74, 6) is 0.343. The van der Waals surface area contributed by atoms with Crippen molar-refractivity contribution >= 4 is 21.8 Å². The summed E-state index contributed by atoms with van der Waals surface area (Å²) in [6, 6.07) is 1.86. The third-order valence-corrected chi connectivity index (χ3v) is 2.52. The molecule has 1 aromatic rings. The van der Waals surface area contributed by atoms with Crippen LogP contribution in [0.4, 0.5) is 10.1 Å². The first-order chi connectivity index (χ1) is 6.18. The topological polar surface area (TPSA) is 25.4 Å². The Labute approximate surface area is 83.9 Å². The number of fused-ring (bicyclic) bond motifs is 1. The van der Waals surface area contributed by atoms with Crippen LogP contribution in [0.1, 0.15) is 5.56 Å². The van der Waals surface area contributed by atoms with E-state index >= 15 is 0 Å². The first kappa shape index (κ1) is 8.74. The fraction of sp³-hybridized carbons (Fsp3) is 0.375. The normalized spacial score (nSPS) is 20.8. The molecule has 0 aliphatic carbocycles. The predicted octanol–water partition coefficient (Wildman–Crippen LogP) is 2.19. The molecule has 1 aliphatic heterocycles. The third-order valence-electron chi connectivity index (χ3n) is 1.88. The average molecular weight is 247 g/mol. The molecule has 5 heteroatoms. The van der Waals surface area contributed by atoms with Gasteiger partial charge in [-0.15, -0.1) is 0 Å². The molecule has 0 aromatic carbocycles. The zero-order valence-corrected chi connectivity index (χ0v) is 8.58. The van der Waals surface area contributed by atoms with E-state index in [1.165, 1.54) is 0 Å². The van der Waals surface area contributed by atoms with Crippen molar-refractivity contribution in [2.24, 2.45) is 0 Å². The van der Waals surface area contributed by atoms with Crippen LogP contribution >= 0.6 is 16.1 Å². The number of aryl methyl sites for hydroxylation is 1. The van der Waals surface area contributed by atoms with E-state index in [1.54, 1.807) is 10.1 Å². The summed E-state index contributed by atoms with van der Waals surface area (Å²) >= 11 is 3.25. The zero-order chi connectivity index (χ0) is 9.42. The lowest BCUT2D eigenvalue weighted by Gasteiger charge is -2.28. The van der Waals surface area contributed by atoms with E-state index in [-0.39, 0.29) is 6.54 Å². The first-order valence-corrected chi connectivity index (χ1v) is 4.59. The highest BCUT2D eigenvalue weighted by Crippen LogP contribution is 2.36. The largest absolute Gasteiger partial charge is 0.440 e. The molecule has 0 amide bonds. The number of aromatic nitrogens is 1. The van der Waals surface area contributed by atoms with Crippen LogP contribution in [0.5, 0.6) is 5.88 Å². The van der Waals surface area contributed by atoms with Gasteiger partial charge in [0.25, 0.3) is 6.36 Å². The zero-order valence-electron chi connectivity index (χ0n) is 7.00. The van der Waals surface area contributed by atoms with E-state index < -0.39 is 6.36 Å². The fourth-order valence-corrected chi connectivity index (χ4v) is 1.94. The quantitative estimate of drug-likeness (QED) is 0.657. The third kappa shape index (κ3) is 1.48. The number of alkyl halides is 1. The maximum absolute atomic E-state index is 12.9. The number of pyridine rings is 1. The van der Waals surface area contributed by atoms with Crippen molar-refractivity contribution in [2.75, 3.05) is 10.5 Å². The van der Waals surface area contributed by atoms with E-state index in [9.17, 15) is 4.39 Å². The molecular weight excluding hydrogens is 239 g/mol. The summed E-state index contributed by atoms with van der Waals surface area (Å²) in [5.41, 5.74) is 1.81. The number of anilines is 1. The predicted molar refractivity (Wildman–Crippen MR) is 50.8 cm³/mol. The van der Waals surface area contributed by atoms with Crippen LogP contribution in [0, 0.1) is 6.92 Å². The van der Waals surface area contributed by atoms with Crippen molar-refractivity contribution in [1.82, 2.24) is 4.98 Å². The number of rotatable bonds is 0. The highest BCUT2D eigenvalue weighted by Gasteiger charge is 2.26. The summed E-state index contributed by atoms with van der Waals surface area (Å²) in [5, 5.41) is 0. The van der Waals surface area contributed by atoms with E-state index in [0.717, 1.165) is 11.3 Å². The second-order valence-corrected chi connectivity index (χ2v) is 3.71. The molecular formula is C8H8BrFN2O. The Bertz CT molecular complexity index is 334. The second-order valence-electron chi connectivity index (χ2n) is 2.85. The average Bonchev–Trinajstić information content (AvgIpc) is 2.02. The smallest absolute Gasteiger partial charge is 0.258 e. The molecule has 0 N–H and O–H groups in total. The minimum Gasteiger partial charge on any atom is -0.440 e. The molecule has 0 saturated heterocycles. The van der Waals surface area contributed by atoms with Crippen LogP contribution in [0.25, 0.3) is 0 Å². The van der Waals surface area contributed by atoms with Crippen LogP contribution in [-0.4, -0.2) is 17.9 Å². The highest BCUT2D eigenvalue weighted by atomic mass is 79.9. The van der Waals surface area contributed by atoms with Gasteiger partial charge in [0.1, 0.15) is 5.69 Å². The Morgan fingerprint density at radius 1 is 1.77 bits per heavy atom. The van der Waals surface area contributed by atoms with Gasteiger partial charge in [0, 0.05) is 6.20 Å². The summed E-state index contributed by atoms with van der Waals surface area (Å²) in [6.45, 7) is 2.11. The molecule has 1 unspecified atom stereocenters. The molecule has 0 saturated carbocycles. The molecule has 2 heterocycles. The van der Waals surface area contributed by atoms with Crippen molar-refractivity contribution in [2.45, 2.75) is 13.3 Å². The summed E-state index contributed by atoms with van der Waals surface area (Å²) in [7, 11) is 0. The molecule has 1 aromatic heterocycles. The lowest BCUT2D eigenvalue weighted by atomic mass is 10.2. The van der Waals surface area contributed by atoms with Gasteiger partial charge < -0.3 is 4.74 Å². The molecule has 0 radical (unpaired) electrons. The Morgan fingerprint density at radius 3 is 3.31 bits per heavy atom. The standard InChI is InChI=1S/C8H8BrFN2O/c1-5-2-3-11-8-7(5)12(9)4-6(10)13-8/h2-3,6H,4H2,1H3. The molecule has 2 rings (SSSR count). The monoisotopic (exact) mass is 246 g/mol. The highest BCUT2D eigenvalue weighted by molar-refractivity contribution is 9.10. The van der Waals surface area contributed by atoms with Gasteiger partial charge in [-0.25, -0.2) is 4.98 Å². The van der Waals surface area contributed by atoms with Gasteiger partial charge >= 0.3 is 0 Å². The number of hydrogen-bond donors (Lipinski definition) is 0. The molecule has 1 aliphatic rings. The molecule has 70 valence electrons. The maximum Gasteiger partial charge on any atom is 0.258 e. The van der Waals surface area contributed by atoms with E-state index in [4.69, 9.17) is 4.74 Å². The Morgan fingerprint density at radius 2 is 2.54 bits per heavy atom. The second kappa shape index (κ2) is 3.14. The minimum atomic E-state index is -1.32. The molecule has 3 nitrogen and oxygen atoms in total. The van der Waals surface area contributed by atoms with E-state index in [1.807, 2.05) is 13.0 Å². The Hall–Kier alpha value is -0.840. The van der Waals surface area contributed by atoms with Crippen LogP contribution in [-0.2, 0) is 0 Å². The summed E-state index contributed by atoms with van der Waals surface area (Å²) in [6.07, 6.45) is 0.286. The lowest BCUT2D eigenvalue weighted by molar-refractivity contribution is 0.0654. The van der Waals surface area contributed by atoms with Crippen LogP contribution in [0.3, 0.4) is 0 Å². The lowest BCUT2D eigenvalue weighted by Crippen LogP contribution is -2.32. The van der Waals surface area contributed by atoms with E-state index in [0.29, 0.717) is 5.88 Å². The molecule has 1 atom stereocenters. The SMILES string of the molecule is Cc1ccnc2c1N(Br)CC(F)O2. The van der Waals surface area contributed by atoms with Crippen LogP contribution in [0.15, 0.2) is 12.3 Å². The van der Waals surface area contributed by atoms with Gasteiger partial charge in [-0.3, -0.25) is 3.93 Å². The molecule has 0 bridgehead atoms. The van der Waals surface area contributed by atoms with Gasteiger partial charge in [-0.1, -0.05) is 0 Å². The molecule has 0 fully saturated rings. The van der Waals surface area contributed by atoms with Crippen molar-refractivity contribution in [1.29, 1.82) is 0 Å². The van der Waals surface area contributed by atoms with Gasteiger partial charge in [0.15, 0.2) is 0 Å². The van der Waals surface area contributed by atoms with Gasteiger partial charge in [0.05, 0.1) is 22.7 Å². The molecule has 13 heavy (non-hydrogen) atoms. The van der Waals surface area contributed by atoms with Gasteiger partial charge in [-0.2, -0.15) is 4.39 Å². The Balaban J connectivity index is 2.49. The van der Waals surface area contributed by atoms with Crippen molar-refractivity contribution in [3.63, 3.8) is 0 Å². The van der Waals surface area contributed by atoms with Gasteiger partial charge in [0.2, 0.25) is 5.88 Å². The fourth-order valence-electron chi connectivity index (χ4n) is 1.28. The van der Waals surface area contributed by atoms with Crippen molar-refractivity contribution in [3.05, 3.63) is 17.8 Å². The first-order valence-electron chi connectivity index (χ1n) is 3.88. The summed E-state index contributed by atoms with van der Waals surface area (Å²) in [4.78, 5) is 3.95. The van der Waals surface area contributed by atoms with Crippen LogP contribution in [0.2, 0.25) is 0 Å². The minimum absolute atomic E-state index is 0.180. The van der Waals surface area contributed by atoms with Crippen molar-refractivity contribution < 1.29 is 9.13 Å². The number of hydrogen-bond acceptors (Lipinski definition) is 3.